The Bertz CT molecular complexity index is 1480. The summed E-state index contributed by atoms with van der Waals surface area (Å²) in [6.07, 6.45) is 1.71. The fourth-order valence-electron chi connectivity index (χ4n) is 4.04. The van der Waals surface area contributed by atoms with Gasteiger partial charge in [-0.15, -0.1) is 0 Å². The van der Waals surface area contributed by atoms with Crippen LogP contribution in [0.25, 0.3) is 0 Å². The first kappa shape index (κ1) is 26.4. The van der Waals surface area contributed by atoms with Gasteiger partial charge in [0.25, 0.3) is 17.5 Å². The Hall–Kier alpha value is -4.71. The Morgan fingerprint density at radius 1 is 1.08 bits per heavy atom. The SMILES string of the molecule is COc1ccccc1C(=O)NNC(=O)c1oc2c(c1C)/C(=N/NC(=O)c1ccc(Cl)c([N+](=O)[O-])c1)CCC2. The molecule has 1 aromatic heterocycles. The van der Waals surface area contributed by atoms with E-state index in [1.54, 1.807) is 31.2 Å². The molecule has 3 amide bonds. The van der Waals surface area contributed by atoms with Crippen LogP contribution in [0.3, 0.4) is 0 Å². The van der Waals surface area contributed by atoms with Crippen molar-refractivity contribution in [2.24, 2.45) is 5.10 Å². The van der Waals surface area contributed by atoms with Crippen LogP contribution in [-0.4, -0.2) is 35.5 Å². The molecular weight excluding hydrogens is 518 g/mol. The quantitative estimate of drug-likeness (QED) is 0.317. The molecule has 0 unspecified atom stereocenters. The molecule has 0 bridgehead atoms. The number of ether oxygens (including phenoxy) is 1. The Labute approximate surface area is 221 Å². The van der Waals surface area contributed by atoms with Crippen LogP contribution >= 0.6 is 11.6 Å². The van der Waals surface area contributed by atoms with E-state index in [0.717, 1.165) is 6.07 Å². The number of amides is 3. The van der Waals surface area contributed by atoms with E-state index in [1.807, 2.05) is 0 Å². The van der Waals surface area contributed by atoms with Gasteiger partial charge in [-0.05, 0) is 44.0 Å². The maximum Gasteiger partial charge on any atom is 0.305 e. The second-order valence-electron chi connectivity index (χ2n) is 8.24. The molecule has 1 aliphatic rings. The van der Waals surface area contributed by atoms with E-state index in [0.29, 0.717) is 47.6 Å². The minimum Gasteiger partial charge on any atom is -0.496 e. The van der Waals surface area contributed by atoms with E-state index in [9.17, 15) is 24.5 Å². The van der Waals surface area contributed by atoms with Gasteiger partial charge in [0.15, 0.2) is 5.76 Å². The van der Waals surface area contributed by atoms with E-state index >= 15 is 0 Å². The Morgan fingerprint density at radius 3 is 2.55 bits per heavy atom. The lowest BCUT2D eigenvalue weighted by Crippen LogP contribution is -2.41. The highest BCUT2D eigenvalue weighted by Gasteiger charge is 2.28. The predicted octanol–water partition coefficient (Wildman–Crippen LogP) is 3.70. The molecule has 0 fully saturated rings. The van der Waals surface area contributed by atoms with Crippen molar-refractivity contribution in [2.45, 2.75) is 26.2 Å². The Morgan fingerprint density at radius 2 is 1.82 bits per heavy atom. The number of hydrazone groups is 1. The summed E-state index contributed by atoms with van der Waals surface area (Å²) in [7, 11) is 1.43. The molecule has 0 saturated heterocycles. The number of nitrogens with one attached hydrogen (secondary N) is 3. The fourth-order valence-corrected chi connectivity index (χ4v) is 4.23. The minimum atomic E-state index is -0.682. The van der Waals surface area contributed by atoms with Crippen molar-refractivity contribution in [2.75, 3.05) is 7.11 Å². The van der Waals surface area contributed by atoms with Gasteiger partial charge in [-0.3, -0.25) is 35.3 Å². The van der Waals surface area contributed by atoms with Crippen molar-refractivity contribution in [3.05, 3.63) is 91.4 Å². The summed E-state index contributed by atoms with van der Waals surface area (Å²) in [5.74, 6) is -1.05. The number of rotatable bonds is 6. The largest absolute Gasteiger partial charge is 0.496 e. The zero-order chi connectivity index (χ0) is 27.4. The molecule has 1 heterocycles. The van der Waals surface area contributed by atoms with E-state index < -0.39 is 28.3 Å². The molecule has 4 rings (SSSR count). The first-order valence-electron chi connectivity index (χ1n) is 11.4. The summed E-state index contributed by atoms with van der Waals surface area (Å²) in [4.78, 5) is 48.3. The topological polar surface area (TPSA) is 165 Å². The molecule has 0 atom stereocenters. The number of aryl methyl sites for hydroxylation is 1. The smallest absolute Gasteiger partial charge is 0.305 e. The Balaban J connectivity index is 1.49. The highest BCUT2D eigenvalue weighted by molar-refractivity contribution is 6.32. The second-order valence-corrected chi connectivity index (χ2v) is 8.65. The molecule has 196 valence electrons. The summed E-state index contributed by atoms with van der Waals surface area (Å²) in [6.45, 7) is 1.67. The van der Waals surface area contributed by atoms with Crippen LogP contribution in [-0.2, 0) is 6.42 Å². The minimum absolute atomic E-state index is 0.00965. The second kappa shape index (κ2) is 11.1. The third-order valence-electron chi connectivity index (χ3n) is 5.87. The van der Waals surface area contributed by atoms with Crippen LogP contribution in [0.4, 0.5) is 5.69 Å². The van der Waals surface area contributed by atoms with E-state index in [4.69, 9.17) is 20.8 Å². The van der Waals surface area contributed by atoms with Crippen LogP contribution in [0.1, 0.15) is 61.0 Å². The number of nitro benzene ring substituents is 1. The van der Waals surface area contributed by atoms with Crippen LogP contribution in [0, 0.1) is 17.0 Å². The maximum absolute atomic E-state index is 12.8. The number of nitrogens with zero attached hydrogens (tertiary/aromatic N) is 2. The molecule has 0 aliphatic heterocycles. The highest BCUT2D eigenvalue weighted by atomic mass is 35.5. The summed E-state index contributed by atoms with van der Waals surface area (Å²) in [6, 6.07) is 10.2. The Kier molecular flexibility index (Phi) is 7.72. The summed E-state index contributed by atoms with van der Waals surface area (Å²) < 4.78 is 10.9. The number of para-hydroxylation sites is 1. The number of halogens is 1. The number of methoxy groups -OCH3 is 1. The maximum atomic E-state index is 12.8. The lowest BCUT2D eigenvalue weighted by molar-refractivity contribution is -0.384. The number of hydrogen-bond acceptors (Lipinski definition) is 8. The van der Waals surface area contributed by atoms with Crippen molar-refractivity contribution in [3.8, 4) is 5.75 Å². The van der Waals surface area contributed by atoms with Crippen LogP contribution < -0.4 is 21.0 Å². The molecule has 0 radical (unpaired) electrons. The third-order valence-corrected chi connectivity index (χ3v) is 6.19. The third kappa shape index (κ3) is 5.34. The number of carbonyl (C=O) groups excluding carboxylic acids is 3. The monoisotopic (exact) mass is 539 g/mol. The lowest BCUT2D eigenvalue weighted by Gasteiger charge is -2.13. The number of nitro groups is 1. The van der Waals surface area contributed by atoms with Gasteiger partial charge in [0.05, 0.1) is 23.3 Å². The average molecular weight is 540 g/mol. The van der Waals surface area contributed by atoms with Gasteiger partial charge >= 0.3 is 5.91 Å². The first-order chi connectivity index (χ1) is 18.2. The standard InChI is InChI=1S/C25H22ClN5O7/c1-13-21-17(27-28-23(32)14-10-11-16(26)18(12-14)31(35)36)7-5-9-20(21)38-22(13)25(34)30-29-24(33)15-6-3-4-8-19(15)37-2/h3-4,6,8,10-12H,5,7,9H2,1-2H3,(H,28,32)(H,29,33)(H,30,34)/b27-17+. The van der Waals surface area contributed by atoms with Gasteiger partial charge in [-0.1, -0.05) is 23.7 Å². The van der Waals surface area contributed by atoms with E-state index in [2.05, 4.69) is 21.4 Å². The zero-order valence-electron chi connectivity index (χ0n) is 20.3. The molecule has 13 heteroatoms. The van der Waals surface area contributed by atoms with Gasteiger partial charge in [0, 0.05) is 29.2 Å². The van der Waals surface area contributed by atoms with Gasteiger partial charge in [0.2, 0.25) is 0 Å². The molecule has 2 aromatic carbocycles. The summed E-state index contributed by atoms with van der Waals surface area (Å²) in [5.41, 5.74) is 8.49. The number of fused-ring (bicyclic) bond motifs is 1. The first-order valence-corrected chi connectivity index (χ1v) is 11.8. The highest BCUT2D eigenvalue weighted by Crippen LogP contribution is 2.30. The van der Waals surface area contributed by atoms with Crippen molar-refractivity contribution in [1.82, 2.24) is 16.3 Å². The molecule has 12 nitrogen and oxygen atoms in total. The molecule has 0 spiro atoms. The van der Waals surface area contributed by atoms with Gasteiger partial charge in [-0.25, -0.2) is 5.43 Å². The van der Waals surface area contributed by atoms with Gasteiger partial charge in [-0.2, -0.15) is 5.10 Å². The summed E-state index contributed by atoms with van der Waals surface area (Å²) in [5, 5.41) is 15.2. The average Bonchev–Trinajstić information content (AvgIpc) is 3.27. The fraction of sp³-hybridized carbons (Fsp3) is 0.200. The van der Waals surface area contributed by atoms with Gasteiger partial charge in [0.1, 0.15) is 16.5 Å². The number of furan rings is 1. The van der Waals surface area contributed by atoms with Crippen LogP contribution in [0.5, 0.6) is 5.75 Å². The summed E-state index contributed by atoms with van der Waals surface area (Å²) >= 11 is 5.81. The van der Waals surface area contributed by atoms with Crippen molar-refractivity contribution < 1.29 is 28.5 Å². The van der Waals surface area contributed by atoms with Crippen LogP contribution in [0.2, 0.25) is 5.02 Å². The molecule has 38 heavy (non-hydrogen) atoms. The number of hydrazine groups is 1. The van der Waals surface area contributed by atoms with Gasteiger partial charge < -0.3 is 9.15 Å². The normalized spacial score (nSPS) is 13.4. The molecular formula is C25H22ClN5O7. The number of benzene rings is 2. The van der Waals surface area contributed by atoms with Crippen molar-refractivity contribution in [1.29, 1.82) is 0 Å². The zero-order valence-corrected chi connectivity index (χ0v) is 21.0. The van der Waals surface area contributed by atoms with E-state index in [1.165, 1.54) is 19.2 Å². The van der Waals surface area contributed by atoms with Crippen molar-refractivity contribution in [3.63, 3.8) is 0 Å². The predicted molar refractivity (Wildman–Crippen MR) is 136 cm³/mol. The molecule has 3 N–H and O–H groups in total. The lowest BCUT2D eigenvalue weighted by atomic mass is 9.93. The number of carbonyl (C=O) groups is 3. The molecule has 3 aromatic rings. The van der Waals surface area contributed by atoms with Crippen LogP contribution in [0.15, 0.2) is 52.0 Å². The number of hydrogen-bond donors (Lipinski definition) is 3. The van der Waals surface area contributed by atoms with Crippen molar-refractivity contribution >= 4 is 40.7 Å². The molecule has 1 aliphatic carbocycles. The van der Waals surface area contributed by atoms with E-state index in [-0.39, 0.29) is 21.9 Å². The molecule has 0 saturated carbocycles.